The highest BCUT2D eigenvalue weighted by molar-refractivity contribution is 9.10. The Kier molecular flexibility index (Phi) is 7.57. The zero-order valence-electron chi connectivity index (χ0n) is 13.8. The molecular formula is C19H17BrN2O4. The van der Waals surface area contributed by atoms with Gasteiger partial charge in [-0.15, -0.1) is 0 Å². The molecule has 26 heavy (non-hydrogen) atoms. The van der Waals surface area contributed by atoms with E-state index in [1.807, 2.05) is 54.6 Å². The number of ether oxygens (including phenoxy) is 1. The molecule has 2 aromatic rings. The number of imide groups is 1. The Labute approximate surface area is 159 Å². The van der Waals surface area contributed by atoms with Gasteiger partial charge in [0.05, 0.1) is 0 Å². The normalized spacial score (nSPS) is 10.3. The summed E-state index contributed by atoms with van der Waals surface area (Å²) in [4.78, 5) is 34.8. The van der Waals surface area contributed by atoms with Gasteiger partial charge in [0.15, 0.2) is 6.61 Å². The van der Waals surface area contributed by atoms with Crippen molar-refractivity contribution in [3.63, 3.8) is 0 Å². The van der Waals surface area contributed by atoms with Crippen LogP contribution in [0.1, 0.15) is 11.1 Å². The first-order valence-electron chi connectivity index (χ1n) is 7.75. The molecule has 0 aromatic heterocycles. The summed E-state index contributed by atoms with van der Waals surface area (Å²) in [5.74, 6) is -1.38. The first-order chi connectivity index (χ1) is 12.5. The van der Waals surface area contributed by atoms with E-state index in [0.717, 1.165) is 15.6 Å². The molecule has 134 valence electrons. The number of carbonyl (C=O) groups excluding carboxylic acids is 3. The quantitative estimate of drug-likeness (QED) is 0.559. The standard InChI is InChI=1S/C19H17BrN2O4/c20-16-8-4-7-14(11-16)9-10-18(24)26-13-17(23)22-19(25)21-12-15-5-2-1-3-6-15/h1-11H,12-13H2,(H2,21,22,23,25)/b10-9+. The Morgan fingerprint density at radius 1 is 1.04 bits per heavy atom. The first kappa shape index (κ1) is 19.4. The monoisotopic (exact) mass is 416 g/mol. The average Bonchev–Trinajstić information content (AvgIpc) is 2.64. The van der Waals surface area contributed by atoms with Crippen molar-refractivity contribution in [1.82, 2.24) is 10.6 Å². The number of benzene rings is 2. The molecule has 2 aromatic carbocycles. The number of urea groups is 1. The Bertz CT molecular complexity index is 806. The fourth-order valence-electron chi connectivity index (χ4n) is 1.94. The lowest BCUT2D eigenvalue weighted by Crippen LogP contribution is -2.41. The second kappa shape index (κ2) is 10.1. The lowest BCUT2D eigenvalue weighted by Gasteiger charge is -2.07. The van der Waals surface area contributed by atoms with Crippen molar-refractivity contribution >= 4 is 39.9 Å². The van der Waals surface area contributed by atoms with E-state index in [1.165, 1.54) is 6.08 Å². The molecule has 2 N–H and O–H groups in total. The van der Waals surface area contributed by atoms with Crippen LogP contribution >= 0.6 is 15.9 Å². The van der Waals surface area contributed by atoms with Gasteiger partial charge in [0.2, 0.25) is 0 Å². The van der Waals surface area contributed by atoms with E-state index in [-0.39, 0.29) is 6.54 Å². The number of hydrogen-bond donors (Lipinski definition) is 2. The van der Waals surface area contributed by atoms with Gasteiger partial charge in [-0.1, -0.05) is 58.4 Å². The van der Waals surface area contributed by atoms with E-state index in [4.69, 9.17) is 4.74 Å². The van der Waals surface area contributed by atoms with Gasteiger partial charge in [-0.2, -0.15) is 0 Å². The molecule has 0 aliphatic carbocycles. The van der Waals surface area contributed by atoms with Crippen molar-refractivity contribution in [2.45, 2.75) is 6.54 Å². The zero-order chi connectivity index (χ0) is 18.8. The number of amides is 3. The largest absolute Gasteiger partial charge is 0.452 e. The number of rotatable bonds is 6. The third-order valence-electron chi connectivity index (χ3n) is 3.15. The van der Waals surface area contributed by atoms with Crippen molar-refractivity contribution in [1.29, 1.82) is 0 Å². The Morgan fingerprint density at radius 3 is 2.54 bits per heavy atom. The number of carbonyl (C=O) groups is 3. The topological polar surface area (TPSA) is 84.5 Å². The highest BCUT2D eigenvalue weighted by Gasteiger charge is 2.09. The molecule has 0 spiro atoms. The second-order valence-corrected chi connectivity index (χ2v) is 6.13. The minimum Gasteiger partial charge on any atom is -0.452 e. The molecule has 0 aliphatic rings. The lowest BCUT2D eigenvalue weighted by molar-refractivity contribution is -0.143. The third-order valence-corrected chi connectivity index (χ3v) is 3.65. The summed E-state index contributed by atoms with van der Waals surface area (Å²) in [5.41, 5.74) is 1.71. The zero-order valence-corrected chi connectivity index (χ0v) is 15.4. The molecule has 3 amide bonds. The van der Waals surface area contributed by atoms with Gasteiger partial charge < -0.3 is 10.1 Å². The van der Waals surface area contributed by atoms with Gasteiger partial charge in [-0.3, -0.25) is 10.1 Å². The van der Waals surface area contributed by atoms with Crippen LogP contribution in [0.5, 0.6) is 0 Å². The maximum atomic E-state index is 11.6. The summed E-state index contributed by atoms with van der Waals surface area (Å²) >= 11 is 3.33. The van der Waals surface area contributed by atoms with Crippen molar-refractivity contribution in [3.05, 3.63) is 76.3 Å². The van der Waals surface area contributed by atoms with Gasteiger partial charge >= 0.3 is 12.0 Å². The average molecular weight is 417 g/mol. The molecular weight excluding hydrogens is 400 g/mol. The predicted molar refractivity (Wildman–Crippen MR) is 101 cm³/mol. The third kappa shape index (κ3) is 7.31. The van der Waals surface area contributed by atoms with Crippen LogP contribution in [-0.4, -0.2) is 24.5 Å². The highest BCUT2D eigenvalue weighted by atomic mass is 79.9. The van der Waals surface area contributed by atoms with Crippen LogP contribution in [0, 0.1) is 0 Å². The van der Waals surface area contributed by atoms with Crippen LogP contribution in [-0.2, 0) is 20.9 Å². The molecule has 7 heteroatoms. The maximum absolute atomic E-state index is 11.6. The molecule has 0 unspecified atom stereocenters. The van der Waals surface area contributed by atoms with Gasteiger partial charge in [-0.25, -0.2) is 9.59 Å². The van der Waals surface area contributed by atoms with E-state index in [1.54, 1.807) is 6.08 Å². The van der Waals surface area contributed by atoms with Crippen molar-refractivity contribution in [2.24, 2.45) is 0 Å². The van der Waals surface area contributed by atoms with Gasteiger partial charge in [0.25, 0.3) is 5.91 Å². The van der Waals surface area contributed by atoms with Crippen molar-refractivity contribution in [3.8, 4) is 0 Å². The smallest absolute Gasteiger partial charge is 0.331 e. The van der Waals surface area contributed by atoms with E-state index in [2.05, 4.69) is 26.6 Å². The van der Waals surface area contributed by atoms with Crippen LogP contribution in [0.2, 0.25) is 0 Å². The molecule has 0 heterocycles. The van der Waals surface area contributed by atoms with Crippen molar-refractivity contribution in [2.75, 3.05) is 6.61 Å². The fourth-order valence-corrected chi connectivity index (χ4v) is 2.36. The van der Waals surface area contributed by atoms with Crippen LogP contribution in [0.3, 0.4) is 0 Å². The minimum absolute atomic E-state index is 0.287. The van der Waals surface area contributed by atoms with Crippen LogP contribution in [0.25, 0.3) is 6.08 Å². The van der Waals surface area contributed by atoms with E-state index >= 15 is 0 Å². The molecule has 2 rings (SSSR count). The lowest BCUT2D eigenvalue weighted by atomic mass is 10.2. The van der Waals surface area contributed by atoms with E-state index < -0.39 is 24.5 Å². The summed E-state index contributed by atoms with van der Waals surface area (Å²) < 4.78 is 5.67. The Morgan fingerprint density at radius 2 is 1.81 bits per heavy atom. The molecule has 0 aliphatic heterocycles. The van der Waals surface area contributed by atoms with Crippen LogP contribution < -0.4 is 10.6 Å². The first-order valence-corrected chi connectivity index (χ1v) is 8.54. The van der Waals surface area contributed by atoms with Gasteiger partial charge in [0, 0.05) is 17.1 Å². The fraction of sp³-hybridized carbons (Fsp3) is 0.105. The number of nitrogens with one attached hydrogen (secondary N) is 2. The predicted octanol–water partition coefficient (Wildman–Crippen LogP) is 3.03. The summed E-state index contributed by atoms with van der Waals surface area (Å²) in [6, 6.07) is 15.9. The summed E-state index contributed by atoms with van der Waals surface area (Å²) in [6.45, 7) is -0.254. The minimum atomic E-state index is -0.709. The SMILES string of the molecule is O=C(COC(=O)/C=C/c1cccc(Br)c1)NC(=O)NCc1ccccc1. The number of esters is 1. The van der Waals surface area contributed by atoms with Gasteiger partial charge in [-0.05, 0) is 29.3 Å². The summed E-state index contributed by atoms with van der Waals surface area (Å²) in [6.07, 6.45) is 2.78. The van der Waals surface area contributed by atoms with Crippen LogP contribution in [0.4, 0.5) is 4.79 Å². The van der Waals surface area contributed by atoms with Gasteiger partial charge in [0.1, 0.15) is 0 Å². The molecule has 0 fully saturated rings. The van der Waals surface area contributed by atoms with Crippen LogP contribution in [0.15, 0.2) is 65.1 Å². The highest BCUT2D eigenvalue weighted by Crippen LogP contribution is 2.12. The molecule has 6 nitrogen and oxygen atoms in total. The van der Waals surface area contributed by atoms with E-state index in [9.17, 15) is 14.4 Å². The Balaban J connectivity index is 1.69. The van der Waals surface area contributed by atoms with E-state index in [0.29, 0.717) is 0 Å². The number of halogens is 1. The molecule has 0 bridgehead atoms. The second-order valence-electron chi connectivity index (χ2n) is 5.21. The summed E-state index contributed by atoms with van der Waals surface area (Å²) in [5, 5.41) is 4.63. The van der Waals surface area contributed by atoms with Crippen molar-refractivity contribution < 1.29 is 19.1 Å². The Hall–Kier alpha value is -2.93. The molecule has 0 atom stereocenters. The maximum Gasteiger partial charge on any atom is 0.331 e. The number of hydrogen-bond acceptors (Lipinski definition) is 4. The summed E-state index contributed by atoms with van der Waals surface area (Å²) in [7, 11) is 0. The molecule has 0 radical (unpaired) electrons. The molecule has 0 saturated carbocycles. The molecule has 0 saturated heterocycles.